The molecule has 1 spiro atoms. The molecule has 0 aromatic heterocycles. The molecule has 4 aliphatic carbocycles. The van der Waals surface area contributed by atoms with Gasteiger partial charge in [0.05, 0.1) is 17.6 Å². The van der Waals surface area contributed by atoms with Gasteiger partial charge in [-0.1, -0.05) is 27.4 Å². The van der Waals surface area contributed by atoms with Gasteiger partial charge in [-0.15, -0.1) is 0 Å². The zero-order valence-electron chi connectivity index (χ0n) is 19.0. The van der Waals surface area contributed by atoms with E-state index < -0.39 is 58.5 Å². The van der Waals surface area contributed by atoms with Gasteiger partial charge < -0.3 is 19.7 Å². The molecule has 4 saturated carbocycles. The van der Waals surface area contributed by atoms with Crippen LogP contribution >= 0.6 is 0 Å². The van der Waals surface area contributed by atoms with E-state index in [1.165, 1.54) is 13.8 Å². The van der Waals surface area contributed by atoms with Crippen molar-refractivity contribution < 1.29 is 34.1 Å². The van der Waals surface area contributed by atoms with Crippen molar-refractivity contribution in [3.63, 3.8) is 0 Å². The van der Waals surface area contributed by atoms with Gasteiger partial charge in [-0.25, -0.2) is 0 Å². The molecule has 31 heavy (non-hydrogen) atoms. The third-order valence-corrected chi connectivity index (χ3v) is 9.23. The van der Waals surface area contributed by atoms with Gasteiger partial charge in [0.15, 0.2) is 5.78 Å². The number of Topliss-reactive ketones (excluding diaryl/α,β-unsaturated/α-hetero) is 1. The smallest absolute Gasteiger partial charge is 0.302 e. The molecule has 0 radical (unpaired) electrons. The molecule has 0 heterocycles. The van der Waals surface area contributed by atoms with Crippen LogP contribution in [0, 0.1) is 34.0 Å². The van der Waals surface area contributed by atoms with E-state index in [-0.39, 0.29) is 24.0 Å². The van der Waals surface area contributed by atoms with Crippen LogP contribution in [0.15, 0.2) is 12.2 Å². The SMILES string of the molecule is C=C1C(=O)[C@]23C[C@@H]1C[C@H](OC(C)=O)[C@H]2[C@@]1(C)[C@H](C[C@@H]3OC(C)=O)C(C)(C)[C@@H](O)C[C@@H]1O. The van der Waals surface area contributed by atoms with Crippen LogP contribution in [0.4, 0.5) is 0 Å². The Hall–Kier alpha value is -1.73. The first-order chi connectivity index (χ1) is 14.3. The normalized spacial score (nSPS) is 47.9. The van der Waals surface area contributed by atoms with Gasteiger partial charge in [0.1, 0.15) is 12.2 Å². The van der Waals surface area contributed by atoms with E-state index in [1.54, 1.807) is 0 Å². The number of ketones is 1. The summed E-state index contributed by atoms with van der Waals surface area (Å²) >= 11 is 0. The number of fused-ring (bicyclic) bond motifs is 3. The van der Waals surface area contributed by atoms with Crippen LogP contribution in [-0.2, 0) is 23.9 Å². The lowest BCUT2D eigenvalue weighted by atomic mass is 9.38. The molecule has 4 rings (SSSR count). The predicted octanol–water partition coefficient (Wildman–Crippen LogP) is 2.18. The lowest BCUT2D eigenvalue weighted by molar-refractivity contribution is -0.274. The van der Waals surface area contributed by atoms with Crippen LogP contribution in [0.3, 0.4) is 0 Å². The number of rotatable bonds is 2. The van der Waals surface area contributed by atoms with Gasteiger partial charge in [0.25, 0.3) is 0 Å². The summed E-state index contributed by atoms with van der Waals surface area (Å²) in [4.78, 5) is 37.9. The fourth-order valence-corrected chi connectivity index (χ4v) is 7.91. The number of carbonyl (C=O) groups is 3. The number of esters is 2. The van der Waals surface area contributed by atoms with Crippen LogP contribution in [0.2, 0.25) is 0 Å². The number of aliphatic hydroxyl groups excluding tert-OH is 2. The summed E-state index contributed by atoms with van der Waals surface area (Å²) in [5, 5.41) is 22.2. The summed E-state index contributed by atoms with van der Waals surface area (Å²) < 4.78 is 11.6. The second kappa shape index (κ2) is 6.88. The molecule has 7 heteroatoms. The average molecular weight is 435 g/mol. The van der Waals surface area contributed by atoms with Gasteiger partial charge >= 0.3 is 11.9 Å². The molecule has 0 aromatic rings. The maximum atomic E-state index is 13.8. The second-order valence-corrected chi connectivity index (χ2v) is 11.0. The average Bonchev–Trinajstić information content (AvgIpc) is 2.83. The summed E-state index contributed by atoms with van der Waals surface area (Å²) in [6, 6.07) is 0. The second-order valence-electron chi connectivity index (χ2n) is 11.0. The van der Waals surface area contributed by atoms with Crippen LogP contribution in [0.1, 0.15) is 60.3 Å². The third-order valence-electron chi connectivity index (χ3n) is 9.23. The van der Waals surface area contributed by atoms with Crippen LogP contribution < -0.4 is 0 Å². The lowest BCUT2D eigenvalue weighted by Crippen LogP contribution is -2.72. The Bertz CT molecular complexity index is 847. The number of hydrogen-bond acceptors (Lipinski definition) is 7. The zero-order valence-corrected chi connectivity index (χ0v) is 19.0. The molecular weight excluding hydrogens is 400 g/mol. The van der Waals surface area contributed by atoms with Gasteiger partial charge in [0.2, 0.25) is 0 Å². The van der Waals surface area contributed by atoms with E-state index in [1.807, 2.05) is 20.8 Å². The van der Waals surface area contributed by atoms with E-state index in [9.17, 15) is 24.6 Å². The molecule has 7 nitrogen and oxygen atoms in total. The molecule has 0 unspecified atom stereocenters. The molecule has 0 aliphatic heterocycles. The standard InChI is InChI=1S/C24H34O7/c1-11-14-7-15(30-12(2)25)20-23(6)16(22(4,5)17(27)9-18(23)28)8-19(31-13(3)26)24(20,10-14)21(11)29/h14-20,27-28H,1,7-10H2,2-6H3/t14-,15-,16+,17-,18-,19-,20-,23-,24-/m0/s1. The first kappa shape index (κ1) is 22.5. The van der Waals surface area contributed by atoms with Crippen LogP contribution in [-0.4, -0.2) is 52.4 Å². The van der Waals surface area contributed by atoms with E-state index in [2.05, 4.69) is 6.58 Å². The number of aliphatic hydroxyl groups is 2. The molecular formula is C24H34O7. The molecule has 2 bridgehead atoms. The number of carbonyl (C=O) groups excluding carboxylic acids is 3. The summed E-state index contributed by atoms with van der Waals surface area (Å²) in [7, 11) is 0. The molecule has 0 aromatic carbocycles. The summed E-state index contributed by atoms with van der Waals surface area (Å²) in [6.45, 7) is 12.6. The first-order valence-corrected chi connectivity index (χ1v) is 11.2. The fraction of sp³-hybridized carbons (Fsp3) is 0.792. The monoisotopic (exact) mass is 434 g/mol. The highest BCUT2D eigenvalue weighted by atomic mass is 16.6. The molecule has 0 amide bonds. The number of allylic oxidation sites excluding steroid dienone is 1. The molecule has 4 fully saturated rings. The topological polar surface area (TPSA) is 110 Å². The Morgan fingerprint density at radius 3 is 2.19 bits per heavy atom. The molecule has 2 N–H and O–H groups in total. The fourth-order valence-electron chi connectivity index (χ4n) is 7.91. The van der Waals surface area contributed by atoms with Gasteiger partial charge in [-0.2, -0.15) is 0 Å². The molecule has 9 atom stereocenters. The van der Waals surface area contributed by atoms with Crippen molar-refractivity contribution in [1.29, 1.82) is 0 Å². The van der Waals surface area contributed by atoms with Crippen molar-refractivity contribution in [3.8, 4) is 0 Å². The van der Waals surface area contributed by atoms with Crippen molar-refractivity contribution in [1.82, 2.24) is 0 Å². The Labute approximate surface area is 183 Å². The minimum absolute atomic E-state index is 0.140. The van der Waals surface area contributed by atoms with Gasteiger partial charge in [0, 0.05) is 31.6 Å². The zero-order chi connectivity index (χ0) is 23.1. The predicted molar refractivity (Wildman–Crippen MR) is 111 cm³/mol. The Morgan fingerprint density at radius 1 is 1.00 bits per heavy atom. The minimum Gasteiger partial charge on any atom is -0.462 e. The highest BCUT2D eigenvalue weighted by Gasteiger charge is 2.76. The summed E-state index contributed by atoms with van der Waals surface area (Å²) in [6.07, 6.45) is -1.50. The van der Waals surface area contributed by atoms with Crippen molar-refractivity contribution in [2.75, 3.05) is 0 Å². The molecule has 4 aliphatic rings. The maximum absolute atomic E-state index is 13.8. The maximum Gasteiger partial charge on any atom is 0.302 e. The summed E-state index contributed by atoms with van der Waals surface area (Å²) in [5.41, 5.74) is -2.01. The molecule has 0 saturated heterocycles. The van der Waals surface area contributed by atoms with Crippen molar-refractivity contribution in [2.24, 2.45) is 34.0 Å². The largest absolute Gasteiger partial charge is 0.462 e. The molecule has 172 valence electrons. The first-order valence-electron chi connectivity index (χ1n) is 11.2. The van der Waals surface area contributed by atoms with Gasteiger partial charge in [-0.3, -0.25) is 14.4 Å². The van der Waals surface area contributed by atoms with Crippen LogP contribution in [0.5, 0.6) is 0 Å². The quantitative estimate of drug-likeness (QED) is 0.506. The van der Waals surface area contributed by atoms with Crippen molar-refractivity contribution in [3.05, 3.63) is 12.2 Å². The Kier molecular flexibility index (Phi) is 4.99. The van der Waals surface area contributed by atoms with E-state index in [4.69, 9.17) is 9.47 Å². The highest BCUT2D eigenvalue weighted by Crippen LogP contribution is 2.71. The summed E-state index contributed by atoms with van der Waals surface area (Å²) in [5.74, 6) is -2.01. The Balaban J connectivity index is 1.96. The van der Waals surface area contributed by atoms with Gasteiger partial charge in [-0.05, 0) is 42.1 Å². The van der Waals surface area contributed by atoms with Crippen molar-refractivity contribution in [2.45, 2.75) is 84.7 Å². The van der Waals surface area contributed by atoms with E-state index >= 15 is 0 Å². The van der Waals surface area contributed by atoms with Crippen LogP contribution in [0.25, 0.3) is 0 Å². The highest BCUT2D eigenvalue weighted by molar-refractivity contribution is 6.04. The van der Waals surface area contributed by atoms with Crippen molar-refractivity contribution >= 4 is 17.7 Å². The minimum atomic E-state index is -1.09. The third kappa shape index (κ3) is 2.81. The number of hydrogen-bond donors (Lipinski definition) is 2. The number of ether oxygens (including phenoxy) is 2. The van der Waals surface area contributed by atoms with E-state index in [0.717, 1.165) is 0 Å². The Morgan fingerprint density at radius 2 is 1.61 bits per heavy atom. The van der Waals surface area contributed by atoms with E-state index in [0.29, 0.717) is 24.8 Å². The lowest BCUT2D eigenvalue weighted by Gasteiger charge is -2.67.